The summed E-state index contributed by atoms with van der Waals surface area (Å²) in [6.07, 6.45) is -2.82. The van der Waals surface area contributed by atoms with Crippen molar-refractivity contribution in [3.05, 3.63) is 41.5 Å². The topological polar surface area (TPSA) is 69.8 Å². The van der Waals surface area contributed by atoms with Gasteiger partial charge in [-0.05, 0) is 24.6 Å². The Morgan fingerprint density at radius 3 is 2.58 bits per heavy atom. The molecule has 1 N–H and O–H groups in total. The van der Waals surface area contributed by atoms with Crippen LogP contribution in [0, 0.1) is 0 Å². The molecule has 0 amide bonds. The Hall–Kier alpha value is -2.78. The van der Waals surface area contributed by atoms with Gasteiger partial charge in [0.2, 0.25) is 5.89 Å². The Balaban J connectivity index is 1.45. The third kappa shape index (κ3) is 6.11. The zero-order chi connectivity index (χ0) is 22.4. The molecule has 0 saturated carbocycles. The Kier molecular flexibility index (Phi) is 7.40. The lowest BCUT2D eigenvalue weighted by atomic mass is 10.1. The highest BCUT2D eigenvalue weighted by molar-refractivity contribution is 5.80. The van der Waals surface area contributed by atoms with Crippen LogP contribution in [0.2, 0.25) is 0 Å². The molecular weight excluding hydrogens is 409 g/mol. The van der Waals surface area contributed by atoms with E-state index in [0.717, 1.165) is 24.3 Å². The van der Waals surface area contributed by atoms with E-state index in [2.05, 4.69) is 25.3 Å². The van der Waals surface area contributed by atoms with Gasteiger partial charge in [-0.15, -0.1) is 0 Å². The molecule has 1 aliphatic heterocycles. The van der Waals surface area contributed by atoms with Gasteiger partial charge in [-0.2, -0.15) is 18.2 Å². The van der Waals surface area contributed by atoms with Crippen LogP contribution in [0.15, 0.2) is 33.8 Å². The van der Waals surface area contributed by atoms with E-state index in [1.54, 1.807) is 13.1 Å². The SMILES string of the molecule is CN=C(NCCCc1nc(C(C)C)no1)N1CCN(c2cccc(C(F)(F)F)c2)CC1. The molecule has 0 radical (unpaired) electrons. The number of aromatic nitrogens is 2. The second-order valence-corrected chi connectivity index (χ2v) is 7.80. The van der Waals surface area contributed by atoms with Crippen molar-refractivity contribution in [1.82, 2.24) is 20.4 Å². The number of nitrogens with zero attached hydrogens (tertiary/aromatic N) is 5. The Labute approximate surface area is 180 Å². The number of piperazine rings is 1. The van der Waals surface area contributed by atoms with Crippen LogP contribution >= 0.6 is 0 Å². The summed E-state index contributed by atoms with van der Waals surface area (Å²) in [5.74, 6) is 2.38. The molecular formula is C21H29F3N6O. The fraction of sp³-hybridized carbons (Fsp3) is 0.571. The second-order valence-electron chi connectivity index (χ2n) is 7.80. The molecule has 1 aromatic heterocycles. The first-order valence-electron chi connectivity index (χ1n) is 10.5. The first-order chi connectivity index (χ1) is 14.8. The maximum Gasteiger partial charge on any atom is 0.416 e. The molecule has 3 rings (SSSR count). The summed E-state index contributed by atoms with van der Waals surface area (Å²) in [5.41, 5.74) is -0.0237. The summed E-state index contributed by atoms with van der Waals surface area (Å²) in [5, 5.41) is 7.31. The molecule has 0 aliphatic carbocycles. The minimum Gasteiger partial charge on any atom is -0.368 e. The van der Waals surface area contributed by atoms with Gasteiger partial charge in [-0.1, -0.05) is 25.1 Å². The van der Waals surface area contributed by atoms with E-state index in [9.17, 15) is 13.2 Å². The Morgan fingerprint density at radius 2 is 1.97 bits per heavy atom. The molecule has 7 nitrogen and oxygen atoms in total. The maximum absolute atomic E-state index is 13.0. The van der Waals surface area contributed by atoms with E-state index in [1.807, 2.05) is 18.7 Å². The van der Waals surface area contributed by atoms with E-state index in [-0.39, 0.29) is 5.92 Å². The Bertz CT molecular complexity index is 872. The standard InChI is InChI=1S/C21H29F3N6O/c1-15(2)19-27-18(31-28-19)8-5-9-26-20(25-3)30-12-10-29(11-13-30)17-7-4-6-16(14-17)21(22,23)24/h4,6-7,14-15H,5,8-13H2,1-3H3,(H,25,26). The lowest BCUT2D eigenvalue weighted by Gasteiger charge is -2.37. The number of rotatable bonds is 6. The van der Waals surface area contributed by atoms with Gasteiger partial charge in [0, 0.05) is 57.8 Å². The van der Waals surface area contributed by atoms with Gasteiger partial charge < -0.3 is 19.6 Å². The van der Waals surface area contributed by atoms with E-state index in [4.69, 9.17) is 4.52 Å². The fourth-order valence-corrected chi connectivity index (χ4v) is 3.43. The number of halogens is 3. The molecule has 2 heterocycles. The summed E-state index contributed by atoms with van der Waals surface area (Å²) < 4.78 is 44.2. The maximum atomic E-state index is 13.0. The van der Waals surface area contributed by atoms with E-state index < -0.39 is 11.7 Å². The highest BCUT2D eigenvalue weighted by Gasteiger charge is 2.31. The van der Waals surface area contributed by atoms with Crippen LogP contribution in [-0.2, 0) is 12.6 Å². The van der Waals surface area contributed by atoms with Crippen molar-refractivity contribution in [3.63, 3.8) is 0 Å². The van der Waals surface area contributed by atoms with Gasteiger partial charge in [-0.3, -0.25) is 4.99 Å². The third-order valence-electron chi connectivity index (χ3n) is 5.18. The molecule has 1 aromatic carbocycles. The third-order valence-corrected chi connectivity index (χ3v) is 5.18. The van der Waals surface area contributed by atoms with E-state index in [0.29, 0.717) is 50.7 Å². The summed E-state index contributed by atoms with van der Waals surface area (Å²) in [4.78, 5) is 12.8. The van der Waals surface area contributed by atoms with Crippen LogP contribution in [-0.4, -0.2) is 60.8 Å². The summed E-state index contributed by atoms with van der Waals surface area (Å²) in [6, 6.07) is 5.49. The first kappa shape index (κ1) is 22.9. The van der Waals surface area contributed by atoms with Crippen molar-refractivity contribution in [1.29, 1.82) is 0 Å². The van der Waals surface area contributed by atoms with Crippen LogP contribution in [0.25, 0.3) is 0 Å². The van der Waals surface area contributed by atoms with Crippen molar-refractivity contribution in [2.24, 2.45) is 4.99 Å². The molecule has 31 heavy (non-hydrogen) atoms. The van der Waals surface area contributed by atoms with Crippen molar-refractivity contribution in [2.45, 2.75) is 38.8 Å². The first-order valence-corrected chi connectivity index (χ1v) is 10.5. The predicted molar refractivity (Wildman–Crippen MR) is 113 cm³/mol. The quantitative estimate of drug-likeness (QED) is 0.423. The number of aryl methyl sites for hydroxylation is 1. The molecule has 0 atom stereocenters. The number of guanidine groups is 1. The number of benzene rings is 1. The molecule has 1 fully saturated rings. The van der Waals surface area contributed by atoms with Crippen molar-refractivity contribution >= 4 is 11.6 Å². The van der Waals surface area contributed by atoms with Crippen molar-refractivity contribution < 1.29 is 17.7 Å². The number of hydrogen-bond acceptors (Lipinski definition) is 5. The summed E-state index contributed by atoms with van der Waals surface area (Å²) in [6.45, 7) is 7.36. The monoisotopic (exact) mass is 438 g/mol. The van der Waals surface area contributed by atoms with Crippen LogP contribution in [0.5, 0.6) is 0 Å². The summed E-state index contributed by atoms with van der Waals surface area (Å²) >= 11 is 0. The van der Waals surface area contributed by atoms with E-state index in [1.165, 1.54) is 12.1 Å². The normalized spacial score (nSPS) is 15.6. The van der Waals surface area contributed by atoms with Crippen LogP contribution in [0.4, 0.5) is 18.9 Å². The van der Waals surface area contributed by atoms with Gasteiger partial charge in [0.1, 0.15) is 0 Å². The largest absolute Gasteiger partial charge is 0.416 e. The van der Waals surface area contributed by atoms with Gasteiger partial charge >= 0.3 is 6.18 Å². The minimum absolute atomic E-state index is 0.240. The molecule has 1 saturated heterocycles. The van der Waals surface area contributed by atoms with Crippen LogP contribution in [0.3, 0.4) is 0 Å². The molecule has 170 valence electrons. The highest BCUT2D eigenvalue weighted by atomic mass is 19.4. The molecule has 0 unspecified atom stereocenters. The lowest BCUT2D eigenvalue weighted by Crippen LogP contribution is -2.52. The molecule has 0 bridgehead atoms. The van der Waals surface area contributed by atoms with Crippen LogP contribution < -0.4 is 10.2 Å². The average molecular weight is 438 g/mol. The van der Waals surface area contributed by atoms with Gasteiger partial charge in [0.05, 0.1) is 5.56 Å². The number of aliphatic imine (C=N–C) groups is 1. The molecule has 1 aliphatic rings. The predicted octanol–water partition coefficient (Wildman–Crippen LogP) is 3.54. The minimum atomic E-state index is -4.33. The number of nitrogens with one attached hydrogen (secondary N) is 1. The average Bonchev–Trinajstić information content (AvgIpc) is 3.23. The number of hydrogen-bond donors (Lipinski definition) is 1. The Morgan fingerprint density at radius 1 is 1.23 bits per heavy atom. The summed E-state index contributed by atoms with van der Waals surface area (Å²) in [7, 11) is 1.73. The van der Waals surface area contributed by atoms with Crippen LogP contribution in [0.1, 0.15) is 43.5 Å². The van der Waals surface area contributed by atoms with Crippen molar-refractivity contribution in [3.8, 4) is 0 Å². The molecule has 0 spiro atoms. The van der Waals surface area contributed by atoms with Gasteiger partial charge in [0.15, 0.2) is 11.8 Å². The highest BCUT2D eigenvalue weighted by Crippen LogP contribution is 2.31. The van der Waals surface area contributed by atoms with E-state index >= 15 is 0 Å². The fourth-order valence-electron chi connectivity index (χ4n) is 3.43. The second kappa shape index (κ2) is 10.0. The van der Waals surface area contributed by atoms with Gasteiger partial charge in [-0.25, -0.2) is 0 Å². The van der Waals surface area contributed by atoms with Gasteiger partial charge in [0.25, 0.3) is 0 Å². The number of anilines is 1. The lowest BCUT2D eigenvalue weighted by molar-refractivity contribution is -0.137. The number of alkyl halides is 3. The zero-order valence-electron chi connectivity index (χ0n) is 18.1. The zero-order valence-corrected chi connectivity index (χ0v) is 18.1. The molecule has 10 heteroatoms. The van der Waals surface area contributed by atoms with Crippen molar-refractivity contribution in [2.75, 3.05) is 44.7 Å². The smallest absolute Gasteiger partial charge is 0.368 e. The molecule has 2 aromatic rings.